The number of rotatable bonds is 10. The van der Waals surface area contributed by atoms with Crippen LogP contribution in [-0.2, 0) is 6.54 Å². The quantitative estimate of drug-likeness (QED) is 0.333. The fourth-order valence-corrected chi connectivity index (χ4v) is 5.00. The summed E-state index contributed by atoms with van der Waals surface area (Å²) in [7, 11) is 2.14. The summed E-state index contributed by atoms with van der Waals surface area (Å²) in [4.78, 5) is 3.59. The van der Waals surface area contributed by atoms with Gasteiger partial charge in [0.05, 0.1) is 16.1 Å². The number of thioether (sulfide) groups is 1. The number of nitrogens with one attached hydrogen (secondary N) is 3. The Kier molecular flexibility index (Phi) is 9.38. The van der Waals surface area contributed by atoms with Crippen molar-refractivity contribution in [2.75, 3.05) is 44.7 Å². The van der Waals surface area contributed by atoms with E-state index in [4.69, 9.17) is 5.73 Å². The van der Waals surface area contributed by atoms with Crippen molar-refractivity contribution in [1.29, 1.82) is 0 Å². The second kappa shape index (κ2) is 12.2. The molecule has 0 amide bonds. The largest absolute Gasteiger partial charge is 0.676 e. The van der Waals surface area contributed by atoms with E-state index >= 15 is 0 Å². The van der Waals surface area contributed by atoms with E-state index in [2.05, 4.69) is 94.0 Å². The molecule has 0 bridgehead atoms. The Bertz CT molecular complexity index is 1060. The normalized spacial score (nSPS) is 14.1. The van der Waals surface area contributed by atoms with Crippen LogP contribution in [0.5, 0.6) is 0 Å². The van der Waals surface area contributed by atoms with Crippen LogP contribution in [0.1, 0.15) is 12.0 Å². The van der Waals surface area contributed by atoms with Crippen LogP contribution in [0.15, 0.2) is 70.7 Å². The predicted molar refractivity (Wildman–Crippen MR) is 140 cm³/mol. The van der Waals surface area contributed by atoms with E-state index in [0.29, 0.717) is 6.54 Å². The summed E-state index contributed by atoms with van der Waals surface area (Å²) in [6.07, 6.45) is 5.61. The SMILES string of the molecule is CN1/C(=C/c2cc[n+](CCCNCCNCC[NH-])c3ccccc23)Sc2ccccc21.Cl. The Morgan fingerprint density at radius 1 is 0.969 bits per heavy atom. The van der Waals surface area contributed by atoms with Crippen LogP contribution in [-0.4, -0.2) is 39.8 Å². The number of para-hydroxylation sites is 2. The molecule has 3 N–H and O–H groups in total. The highest BCUT2D eigenvalue weighted by Gasteiger charge is 2.22. The van der Waals surface area contributed by atoms with E-state index in [1.807, 2.05) is 11.8 Å². The molecule has 3 aromatic rings. The first-order valence-corrected chi connectivity index (χ1v) is 11.8. The van der Waals surface area contributed by atoms with Gasteiger partial charge in [-0.15, -0.1) is 19.0 Å². The van der Waals surface area contributed by atoms with Crippen molar-refractivity contribution in [2.45, 2.75) is 17.9 Å². The molecule has 4 rings (SSSR count). The first-order valence-electron chi connectivity index (χ1n) is 11.0. The molecule has 0 unspecified atom stereocenters. The summed E-state index contributed by atoms with van der Waals surface area (Å²) in [5, 5.41) is 9.27. The van der Waals surface area contributed by atoms with Gasteiger partial charge in [0.2, 0.25) is 5.52 Å². The van der Waals surface area contributed by atoms with E-state index in [-0.39, 0.29) is 12.4 Å². The number of benzene rings is 2. The number of pyridine rings is 1. The molecule has 1 aliphatic heterocycles. The Morgan fingerprint density at radius 2 is 1.72 bits per heavy atom. The minimum absolute atomic E-state index is 0. The van der Waals surface area contributed by atoms with Gasteiger partial charge in [0.1, 0.15) is 6.54 Å². The van der Waals surface area contributed by atoms with E-state index in [0.717, 1.165) is 39.1 Å². The highest BCUT2D eigenvalue weighted by molar-refractivity contribution is 8.03. The lowest BCUT2D eigenvalue weighted by Crippen LogP contribution is -2.36. The summed E-state index contributed by atoms with van der Waals surface area (Å²) in [5.41, 5.74) is 10.9. The van der Waals surface area contributed by atoms with Crippen molar-refractivity contribution in [3.8, 4) is 0 Å². The number of aryl methyl sites for hydroxylation is 1. The molecule has 7 heteroatoms. The molecular formula is C25H32ClN5S. The maximum atomic E-state index is 7.14. The number of fused-ring (bicyclic) bond motifs is 2. The number of hydrogen-bond acceptors (Lipinski definition) is 4. The van der Waals surface area contributed by atoms with Gasteiger partial charge in [-0.2, -0.15) is 4.57 Å². The zero-order valence-electron chi connectivity index (χ0n) is 18.5. The molecule has 0 atom stereocenters. The van der Waals surface area contributed by atoms with Gasteiger partial charge in [0.25, 0.3) is 0 Å². The molecule has 2 aromatic carbocycles. The third-order valence-corrected chi connectivity index (χ3v) is 6.71. The van der Waals surface area contributed by atoms with Crippen molar-refractivity contribution >= 4 is 46.8 Å². The second-order valence-corrected chi connectivity index (χ2v) is 8.76. The zero-order chi connectivity index (χ0) is 21.5. The smallest absolute Gasteiger partial charge is 0.213 e. The van der Waals surface area contributed by atoms with E-state index in [1.165, 1.54) is 32.1 Å². The summed E-state index contributed by atoms with van der Waals surface area (Å²) in [6, 6.07) is 19.5. The lowest BCUT2D eigenvalue weighted by molar-refractivity contribution is -0.671. The van der Waals surface area contributed by atoms with Crippen LogP contribution in [0.4, 0.5) is 5.69 Å². The van der Waals surface area contributed by atoms with Crippen molar-refractivity contribution < 1.29 is 4.57 Å². The molecule has 32 heavy (non-hydrogen) atoms. The molecule has 0 aliphatic carbocycles. The molecule has 2 heterocycles. The third-order valence-electron chi connectivity index (χ3n) is 5.54. The van der Waals surface area contributed by atoms with Gasteiger partial charge in [-0.25, -0.2) is 0 Å². The number of hydrogen-bond donors (Lipinski definition) is 2. The first kappa shape index (κ1) is 24.6. The summed E-state index contributed by atoms with van der Waals surface area (Å²) < 4.78 is 2.36. The molecular weight excluding hydrogens is 438 g/mol. The maximum absolute atomic E-state index is 7.14. The standard InChI is InChI=1S/C25H31N5S.ClH/c1-29-23-9-4-5-10-24(23)31-25(29)19-20-11-18-30(22-8-3-2-7-21(20)22)17-6-13-27-15-16-28-14-12-26;/h2-5,7-11,18-19,26-28H,6,12-17H2,1H3;1H. The summed E-state index contributed by atoms with van der Waals surface area (Å²) >= 11 is 1.83. The minimum atomic E-state index is 0. The van der Waals surface area contributed by atoms with Crippen molar-refractivity contribution in [1.82, 2.24) is 10.6 Å². The molecule has 0 radical (unpaired) electrons. The number of aromatic nitrogens is 1. The van der Waals surface area contributed by atoms with Crippen LogP contribution in [0.25, 0.3) is 22.7 Å². The van der Waals surface area contributed by atoms with E-state index < -0.39 is 0 Å². The summed E-state index contributed by atoms with van der Waals surface area (Å²) in [5.74, 6) is 0. The highest BCUT2D eigenvalue weighted by Crippen LogP contribution is 2.45. The molecule has 0 fully saturated rings. The predicted octanol–water partition coefficient (Wildman–Crippen LogP) is 4.71. The zero-order valence-corrected chi connectivity index (χ0v) is 20.1. The Labute approximate surface area is 201 Å². The van der Waals surface area contributed by atoms with Gasteiger partial charge in [-0.1, -0.05) is 36.0 Å². The van der Waals surface area contributed by atoms with E-state index in [9.17, 15) is 0 Å². The van der Waals surface area contributed by atoms with Crippen molar-refractivity contribution in [3.63, 3.8) is 0 Å². The first-order chi connectivity index (χ1) is 15.3. The average molecular weight is 470 g/mol. The maximum Gasteiger partial charge on any atom is 0.213 e. The van der Waals surface area contributed by atoms with Gasteiger partial charge < -0.3 is 21.3 Å². The van der Waals surface area contributed by atoms with Crippen LogP contribution in [0.3, 0.4) is 0 Å². The van der Waals surface area contributed by atoms with Gasteiger partial charge in [0, 0.05) is 50.1 Å². The van der Waals surface area contributed by atoms with Crippen LogP contribution >= 0.6 is 24.2 Å². The molecule has 0 saturated heterocycles. The number of halogens is 1. The molecule has 0 saturated carbocycles. The molecule has 1 aromatic heterocycles. The fraction of sp³-hybridized carbons (Fsp3) is 0.320. The lowest BCUT2D eigenvalue weighted by Gasteiger charge is -2.13. The number of anilines is 1. The molecule has 170 valence electrons. The topological polar surface area (TPSA) is 55.0 Å². The van der Waals surface area contributed by atoms with Crippen molar-refractivity contribution in [3.05, 3.63) is 77.1 Å². The Balaban J connectivity index is 0.00000289. The van der Waals surface area contributed by atoms with Crippen LogP contribution in [0, 0.1) is 0 Å². The van der Waals surface area contributed by atoms with Gasteiger partial charge in [-0.3, -0.25) is 0 Å². The Hall–Kier alpha value is -2.09. The monoisotopic (exact) mass is 469 g/mol. The average Bonchev–Trinajstić information content (AvgIpc) is 3.12. The summed E-state index contributed by atoms with van der Waals surface area (Å²) in [6.45, 7) is 5.07. The van der Waals surface area contributed by atoms with Gasteiger partial charge >= 0.3 is 0 Å². The molecule has 5 nitrogen and oxygen atoms in total. The van der Waals surface area contributed by atoms with Crippen molar-refractivity contribution in [2.24, 2.45) is 0 Å². The number of nitrogens with zero attached hydrogens (tertiary/aromatic N) is 2. The Morgan fingerprint density at radius 3 is 2.53 bits per heavy atom. The van der Waals surface area contributed by atoms with Gasteiger partial charge in [0.15, 0.2) is 6.20 Å². The minimum Gasteiger partial charge on any atom is -0.676 e. The lowest BCUT2D eigenvalue weighted by atomic mass is 10.1. The van der Waals surface area contributed by atoms with Crippen LogP contribution in [0.2, 0.25) is 0 Å². The molecule has 1 aliphatic rings. The van der Waals surface area contributed by atoms with E-state index in [1.54, 1.807) is 0 Å². The third kappa shape index (κ3) is 5.82. The fourth-order valence-electron chi connectivity index (χ4n) is 3.90. The van der Waals surface area contributed by atoms with Gasteiger partial charge in [-0.05, 0) is 36.4 Å². The van der Waals surface area contributed by atoms with Crippen LogP contribution < -0.4 is 20.1 Å². The molecule has 0 spiro atoms. The highest BCUT2D eigenvalue weighted by atomic mass is 35.5. The second-order valence-electron chi connectivity index (χ2n) is 7.70.